The average molecular weight is 611 g/mol. The third-order valence-corrected chi connectivity index (χ3v) is 8.30. The highest BCUT2D eigenvalue weighted by Crippen LogP contribution is 2.27. The number of nitrogens with one attached hydrogen (secondary N) is 2. The first-order valence-corrected chi connectivity index (χ1v) is 16.0. The third kappa shape index (κ3) is 9.38. The molecule has 45 heavy (non-hydrogen) atoms. The molecule has 0 aromatic heterocycles. The highest BCUT2D eigenvalue weighted by atomic mass is 16.4. The van der Waals surface area contributed by atoms with Crippen LogP contribution in [-0.2, 0) is 27.2 Å². The molecule has 3 atom stereocenters. The van der Waals surface area contributed by atoms with Crippen molar-refractivity contribution in [1.82, 2.24) is 10.6 Å². The number of amides is 2. The predicted octanol–water partition coefficient (Wildman–Crippen LogP) is 6.29. The van der Waals surface area contributed by atoms with Crippen molar-refractivity contribution in [2.75, 3.05) is 0 Å². The summed E-state index contributed by atoms with van der Waals surface area (Å²) < 4.78 is 0. The number of hydrogen-bond acceptors (Lipinski definition) is 4. The van der Waals surface area contributed by atoms with Crippen LogP contribution in [0.3, 0.4) is 0 Å². The summed E-state index contributed by atoms with van der Waals surface area (Å²) in [5.74, 6) is -2.02. The van der Waals surface area contributed by atoms with Gasteiger partial charge in [-0.3, -0.25) is 14.4 Å². The number of carbonyl (C=O) groups is 3. The number of carbonyl (C=O) groups excluding carboxylic acids is 2. The summed E-state index contributed by atoms with van der Waals surface area (Å²) in [7, 11) is 0. The minimum absolute atomic E-state index is 0.100. The normalized spacial score (nSPS) is 13.7. The maximum absolute atomic E-state index is 14.2. The van der Waals surface area contributed by atoms with Gasteiger partial charge in [0.1, 0.15) is 6.04 Å². The molecule has 0 fully saturated rings. The van der Waals surface area contributed by atoms with Gasteiger partial charge in [0.05, 0.1) is 18.6 Å². The topological polar surface area (TPSA) is 116 Å². The number of benzene rings is 4. The van der Waals surface area contributed by atoms with Crippen molar-refractivity contribution in [3.05, 3.63) is 96.1 Å². The van der Waals surface area contributed by atoms with Crippen molar-refractivity contribution >= 4 is 39.3 Å². The number of fused-ring (bicyclic) bond motifs is 2. The molecule has 0 aliphatic rings. The molecule has 0 bridgehead atoms. The molecule has 0 aliphatic carbocycles. The summed E-state index contributed by atoms with van der Waals surface area (Å²) in [5, 5.41) is 30.2. The largest absolute Gasteiger partial charge is 0.481 e. The minimum atomic E-state index is -1.24. The second-order valence-corrected chi connectivity index (χ2v) is 13.0. The molecule has 4 aromatic carbocycles. The van der Waals surface area contributed by atoms with E-state index in [1.54, 1.807) is 0 Å². The lowest BCUT2D eigenvalue weighted by molar-refractivity contribution is -0.140. The van der Waals surface area contributed by atoms with Crippen LogP contribution in [-0.4, -0.2) is 46.2 Å². The van der Waals surface area contributed by atoms with Crippen molar-refractivity contribution in [3.8, 4) is 0 Å². The Bertz CT molecular complexity index is 1520. The summed E-state index contributed by atoms with van der Waals surface area (Å²) >= 11 is 0. The molecule has 0 aliphatic heterocycles. The Balaban J connectivity index is 1.64. The van der Waals surface area contributed by atoms with Gasteiger partial charge in [-0.25, -0.2) is 0 Å². The van der Waals surface area contributed by atoms with E-state index >= 15 is 0 Å². The van der Waals surface area contributed by atoms with Gasteiger partial charge in [0.25, 0.3) is 0 Å². The van der Waals surface area contributed by atoms with Crippen LogP contribution >= 0.6 is 0 Å². The van der Waals surface area contributed by atoms with Crippen LogP contribution in [0.4, 0.5) is 0 Å². The standard InChI is InChI=1S/C38H46N2O5/c1-24(2)19-33(35(41)23-36(42)43)39-38(45)34(20-25(3)4)40-37(44)30(21-28-15-9-13-26-11-5-7-17-31(26)28)22-29-16-10-14-27-12-6-8-18-32(27)29/h5-18,24-25,30,33-35,41H,19-23H2,1-4H3,(H,39,45)(H,40,44)(H,42,43)/t33-,34-,35-/m0/s1. The number of carboxylic acid groups (broad SMARTS) is 1. The fourth-order valence-corrected chi connectivity index (χ4v) is 6.15. The molecule has 0 heterocycles. The lowest BCUT2D eigenvalue weighted by Gasteiger charge is -2.29. The maximum Gasteiger partial charge on any atom is 0.306 e. The quantitative estimate of drug-likeness (QED) is 0.126. The first kappa shape index (κ1) is 33.7. The molecule has 0 radical (unpaired) electrons. The molecular weight excluding hydrogens is 564 g/mol. The van der Waals surface area contributed by atoms with Crippen LogP contribution in [0.25, 0.3) is 21.5 Å². The van der Waals surface area contributed by atoms with Gasteiger partial charge in [-0.1, -0.05) is 113 Å². The van der Waals surface area contributed by atoms with Gasteiger partial charge < -0.3 is 20.8 Å². The molecular formula is C38H46N2O5. The molecule has 0 unspecified atom stereocenters. The van der Waals surface area contributed by atoms with Crippen molar-refractivity contribution in [2.24, 2.45) is 17.8 Å². The molecule has 7 heteroatoms. The molecule has 0 saturated heterocycles. The molecule has 0 saturated carbocycles. The van der Waals surface area contributed by atoms with E-state index < -0.39 is 42.4 Å². The first-order valence-electron chi connectivity index (χ1n) is 16.0. The first-order chi connectivity index (χ1) is 21.5. The van der Waals surface area contributed by atoms with E-state index in [0.717, 1.165) is 32.7 Å². The van der Waals surface area contributed by atoms with Gasteiger partial charge in [0.2, 0.25) is 11.8 Å². The lowest BCUT2D eigenvalue weighted by atomic mass is 9.87. The van der Waals surface area contributed by atoms with Gasteiger partial charge in [-0.15, -0.1) is 0 Å². The van der Waals surface area contributed by atoms with Crippen molar-refractivity contribution < 1.29 is 24.6 Å². The summed E-state index contributed by atoms with van der Waals surface area (Å²) in [5.41, 5.74) is 2.12. The molecule has 7 nitrogen and oxygen atoms in total. The predicted molar refractivity (Wildman–Crippen MR) is 180 cm³/mol. The van der Waals surface area contributed by atoms with E-state index in [1.165, 1.54) is 0 Å². The smallest absolute Gasteiger partial charge is 0.306 e. The maximum atomic E-state index is 14.2. The van der Waals surface area contributed by atoms with Crippen LogP contribution in [0.15, 0.2) is 84.9 Å². The Morgan fingerprint density at radius 2 is 1.13 bits per heavy atom. The monoisotopic (exact) mass is 610 g/mol. The fourth-order valence-electron chi connectivity index (χ4n) is 6.15. The van der Waals surface area contributed by atoms with Gasteiger partial charge >= 0.3 is 5.97 Å². The number of aliphatic hydroxyl groups is 1. The molecule has 238 valence electrons. The highest BCUT2D eigenvalue weighted by Gasteiger charge is 2.31. The number of rotatable bonds is 15. The van der Waals surface area contributed by atoms with E-state index in [9.17, 15) is 24.6 Å². The van der Waals surface area contributed by atoms with Gasteiger partial charge in [0.15, 0.2) is 0 Å². The number of aliphatic carboxylic acids is 1. The van der Waals surface area contributed by atoms with E-state index in [2.05, 4.69) is 59.2 Å². The van der Waals surface area contributed by atoms with Crippen molar-refractivity contribution in [2.45, 2.75) is 78.0 Å². The average Bonchev–Trinajstić information content (AvgIpc) is 2.99. The third-order valence-electron chi connectivity index (χ3n) is 8.30. The summed E-state index contributed by atoms with van der Waals surface area (Å²) in [6.45, 7) is 7.87. The summed E-state index contributed by atoms with van der Waals surface area (Å²) in [6, 6.07) is 27.0. The zero-order valence-electron chi connectivity index (χ0n) is 26.7. The zero-order chi connectivity index (χ0) is 32.5. The van der Waals surface area contributed by atoms with E-state index in [-0.39, 0.29) is 17.7 Å². The van der Waals surface area contributed by atoms with Gasteiger partial charge in [-0.05, 0) is 70.2 Å². The van der Waals surface area contributed by atoms with Crippen LogP contribution < -0.4 is 10.6 Å². The Hall–Kier alpha value is -4.23. The second kappa shape index (κ2) is 15.7. The molecule has 4 N–H and O–H groups in total. The highest BCUT2D eigenvalue weighted by molar-refractivity contribution is 5.91. The Morgan fingerprint density at radius 3 is 1.62 bits per heavy atom. The Morgan fingerprint density at radius 1 is 0.644 bits per heavy atom. The lowest BCUT2D eigenvalue weighted by Crippen LogP contribution is -2.54. The van der Waals surface area contributed by atoms with Crippen LogP contribution in [0.5, 0.6) is 0 Å². The zero-order valence-corrected chi connectivity index (χ0v) is 26.7. The van der Waals surface area contributed by atoms with E-state index in [4.69, 9.17) is 0 Å². The molecule has 4 rings (SSSR count). The molecule has 4 aromatic rings. The fraction of sp³-hybridized carbons (Fsp3) is 0.395. The Kier molecular flexibility index (Phi) is 11.7. The van der Waals surface area contributed by atoms with E-state index in [0.29, 0.717) is 25.7 Å². The number of aliphatic hydroxyl groups excluding tert-OH is 1. The van der Waals surface area contributed by atoms with Crippen molar-refractivity contribution in [1.29, 1.82) is 0 Å². The van der Waals surface area contributed by atoms with Gasteiger partial charge in [-0.2, -0.15) is 0 Å². The number of carboxylic acids is 1. The second-order valence-electron chi connectivity index (χ2n) is 13.0. The van der Waals surface area contributed by atoms with Crippen LogP contribution in [0.2, 0.25) is 0 Å². The minimum Gasteiger partial charge on any atom is -0.481 e. The van der Waals surface area contributed by atoms with Crippen LogP contribution in [0, 0.1) is 17.8 Å². The molecule has 2 amide bonds. The number of hydrogen-bond donors (Lipinski definition) is 4. The van der Waals surface area contributed by atoms with Gasteiger partial charge in [0, 0.05) is 5.92 Å². The van der Waals surface area contributed by atoms with Crippen molar-refractivity contribution in [3.63, 3.8) is 0 Å². The Labute approximate surface area is 266 Å². The summed E-state index contributed by atoms with van der Waals surface area (Å²) in [6.07, 6.45) is 0.0646. The van der Waals surface area contributed by atoms with Crippen LogP contribution in [0.1, 0.15) is 58.1 Å². The van der Waals surface area contributed by atoms with E-state index in [1.807, 2.05) is 64.1 Å². The SMILES string of the molecule is CC(C)C[C@H](NC(=O)C(Cc1cccc2ccccc12)Cc1cccc2ccccc12)C(=O)N[C@@H](CC(C)C)[C@@H](O)CC(=O)O. The molecule has 0 spiro atoms. The summed E-state index contributed by atoms with van der Waals surface area (Å²) in [4.78, 5) is 39.3.